The first-order valence-electron chi connectivity index (χ1n) is 19.1. The van der Waals surface area contributed by atoms with Crippen LogP contribution in [0.1, 0.15) is 71.9 Å². The molecule has 1 N–H and O–H groups in total. The summed E-state index contributed by atoms with van der Waals surface area (Å²) in [4.78, 5) is 18.9. The minimum atomic E-state index is -0.932. The maximum atomic E-state index is 12.1. The van der Waals surface area contributed by atoms with Gasteiger partial charge in [0.15, 0.2) is 5.75 Å². The lowest BCUT2D eigenvalue weighted by Gasteiger charge is -2.28. The van der Waals surface area contributed by atoms with E-state index in [0.717, 1.165) is 50.3 Å². The van der Waals surface area contributed by atoms with E-state index in [1.54, 1.807) is 12.1 Å². The largest absolute Gasteiger partial charge is 0.482 e. The molecule has 8 heteroatoms. The van der Waals surface area contributed by atoms with Crippen LogP contribution >= 0.6 is 0 Å². The number of benzene rings is 5. The number of aliphatic hydroxyl groups excluding tert-OH is 1. The molecule has 2 aliphatic heterocycles. The Morgan fingerprint density at radius 1 is 0.679 bits per heavy atom. The molecule has 274 valence electrons. The van der Waals surface area contributed by atoms with Crippen molar-refractivity contribution in [2.24, 2.45) is 0 Å². The van der Waals surface area contributed by atoms with Gasteiger partial charge in [-0.15, -0.1) is 0 Å². The fourth-order valence-corrected chi connectivity index (χ4v) is 7.79. The van der Waals surface area contributed by atoms with Crippen LogP contribution in [0.25, 0.3) is 0 Å². The Kier molecular flexibility index (Phi) is 12.0. The zero-order valence-electron chi connectivity index (χ0n) is 30.4. The van der Waals surface area contributed by atoms with Crippen LogP contribution < -0.4 is 14.5 Å². The fraction of sp³-hybridized carbons (Fsp3) is 0.333. The summed E-state index contributed by atoms with van der Waals surface area (Å²) in [6.07, 6.45) is 4.90. The second-order valence-corrected chi connectivity index (χ2v) is 14.4. The molecule has 0 spiro atoms. The van der Waals surface area contributed by atoms with Crippen molar-refractivity contribution in [3.8, 4) is 5.75 Å². The Bertz CT molecular complexity index is 1830. The quantitative estimate of drug-likeness (QED) is 0.0808. The Labute approximate surface area is 313 Å². The first-order chi connectivity index (χ1) is 26.0. The number of nitrogens with zero attached hydrogens (tertiary/aromatic N) is 4. The highest BCUT2D eigenvalue weighted by atomic mass is 16.6. The minimum absolute atomic E-state index is 0.151. The van der Waals surface area contributed by atoms with Crippen molar-refractivity contribution >= 4 is 17.1 Å². The third kappa shape index (κ3) is 9.44. The summed E-state index contributed by atoms with van der Waals surface area (Å²) in [6, 6.07) is 43.0. The van der Waals surface area contributed by atoms with Gasteiger partial charge in [0.05, 0.1) is 11.0 Å². The highest BCUT2D eigenvalue weighted by Gasteiger charge is 2.24. The fourth-order valence-electron chi connectivity index (χ4n) is 7.79. The standard InChI is InChI=1S/C45H50N4O4/c50-44(39-19-24-45(43(31-39)49(51)52)53-34-36-13-5-2-6-14-36)33-46(32-35-11-3-1-4-12-35)30-25-42(37-15-20-40(21-16-37)47-26-7-8-27-47)38-17-22-41(23-18-38)48-28-9-10-29-48/h1-6,11-24,31,42,44,50H,7-10,25-30,32-34H2/t44-/m0/s1. The molecular formula is C45H50N4O4. The monoisotopic (exact) mass is 710 g/mol. The SMILES string of the molecule is O=[N+]([O-])c1cc([C@@H](O)CN(CCC(c2ccc(N3CCCC3)cc2)c2ccc(N3CCCC3)cc2)Cc2ccccc2)ccc1OCc1ccccc1. The van der Waals surface area contributed by atoms with Crippen molar-refractivity contribution < 1.29 is 14.8 Å². The first kappa shape index (κ1) is 36.2. The number of ether oxygens (including phenoxy) is 1. The van der Waals surface area contributed by atoms with Gasteiger partial charge in [-0.2, -0.15) is 0 Å². The molecule has 2 heterocycles. The number of aliphatic hydroxyl groups is 1. The second-order valence-electron chi connectivity index (χ2n) is 14.4. The second kappa shape index (κ2) is 17.6. The highest BCUT2D eigenvalue weighted by Crippen LogP contribution is 2.34. The Balaban J connectivity index is 1.11. The van der Waals surface area contributed by atoms with Crippen LogP contribution in [0.3, 0.4) is 0 Å². The van der Waals surface area contributed by atoms with E-state index in [9.17, 15) is 15.2 Å². The van der Waals surface area contributed by atoms with Gasteiger partial charge in [0.25, 0.3) is 0 Å². The van der Waals surface area contributed by atoms with Gasteiger partial charge in [-0.25, -0.2) is 0 Å². The molecule has 0 bridgehead atoms. The van der Waals surface area contributed by atoms with Gasteiger partial charge in [-0.3, -0.25) is 15.0 Å². The van der Waals surface area contributed by atoms with Gasteiger partial charge >= 0.3 is 5.69 Å². The summed E-state index contributed by atoms with van der Waals surface area (Å²) >= 11 is 0. The molecule has 0 amide bonds. The topological polar surface area (TPSA) is 82.3 Å². The third-order valence-electron chi connectivity index (χ3n) is 10.7. The van der Waals surface area contributed by atoms with Crippen molar-refractivity contribution in [3.05, 3.63) is 165 Å². The molecule has 0 saturated carbocycles. The maximum Gasteiger partial charge on any atom is 0.311 e. The molecule has 0 radical (unpaired) electrons. The molecule has 1 atom stereocenters. The van der Waals surface area contributed by atoms with Gasteiger partial charge in [0.1, 0.15) is 6.61 Å². The number of rotatable bonds is 16. The van der Waals surface area contributed by atoms with E-state index in [4.69, 9.17) is 4.74 Å². The molecule has 0 unspecified atom stereocenters. The van der Waals surface area contributed by atoms with E-state index < -0.39 is 11.0 Å². The van der Waals surface area contributed by atoms with E-state index in [1.165, 1.54) is 54.3 Å². The first-order valence-corrected chi connectivity index (χ1v) is 19.1. The molecule has 2 aliphatic rings. The molecule has 2 fully saturated rings. The summed E-state index contributed by atoms with van der Waals surface area (Å²) in [5.41, 5.74) is 7.55. The van der Waals surface area contributed by atoms with Crippen LogP contribution in [0.4, 0.5) is 17.1 Å². The van der Waals surface area contributed by atoms with Gasteiger partial charge in [-0.05, 0) is 96.8 Å². The van der Waals surface area contributed by atoms with E-state index in [2.05, 4.69) is 75.4 Å². The van der Waals surface area contributed by atoms with Crippen LogP contribution in [0.5, 0.6) is 5.75 Å². The van der Waals surface area contributed by atoms with Crippen LogP contribution in [0, 0.1) is 10.1 Å². The molecule has 53 heavy (non-hydrogen) atoms. The predicted octanol–water partition coefficient (Wildman–Crippen LogP) is 9.13. The predicted molar refractivity (Wildman–Crippen MR) is 213 cm³/mol. The van der Waals surface area contributed by atoms with Crippen LogP contribution in [0.15, 0.2) is 127 Å². The zero-order chi connectivity index (χ0) is 36.4. The zero-order valence-corrected chi connectivity index (χ0v) is 30.4. The van der Waals surface area contributed by atoms with Crippen LogP contribution in [-0.2, 0) is 13.2 Å². The van der Waals surface area contributed by atoms with Gasteiger partial charge < -0.3 is 19.6 Å². The van der Waals surface area contributed by atoms with Crippen LogP contribution in [0.2, 0.25) is 0 Å². The van der Waals surface area contributed by atoms with Crippen molar-refractivity contribution in [2.75, 3.05) is 49.1 Å². The van der Waals surface area contributed by atoms with Gasteiger partial charge in [-0.1, -0.05) is 91.0 Å². The van der Waals surface area contributed by atoms with E-state index in [0.29, 0.717) is 18.7 Å². The molecule has 8 nitrogen and oxygen atoms in total. The van der Waals surface area contributed by atoms with Gasteiger partial charge in [0, 0.05) is 62.6 Å². The number of hydrogen-bond donors (Lipinski definition) is 1. The van der Waals surface area contributed by atoms with E-state index in [1.807, 2.05) is 48.5 Å². The minimum Gasteiger partial charge on any atom is -0.482 e. The number of nitro benzene ring substituents is 1. The van der Waals surface area contributed by atoms with Crippen LogP contribution in [-0.4, -0.2) is 54.2 Å². The smallest absolute Gasteiger partial charge is 0.311 e. The summed E-state index contributed by atoms with van der Waals surface area (Å²) in [5.74, 6) is 0.345. The number of hydrogen-bond acceptors (Lipinski definition) is 7. The Morgan fingerprint density at radius 3 is 1.72 bits per heavy atom. The summed E-state index contributed by atoms with van der Waals surface area (Å²) < 4.78 is 5.86. The number of nitro groups is 1. The lowest BCUT2D eigenvalue weighted by molar-refractivity contribution is -0.386. The molecule has 5 aromatic carbocycles. The van der Waals surface area contributed by atoms with E-state index >= 15 is 0 Å². The van der Waals surface area contributed by atoms with Crippen molar-refractivity contribution in [2.45, 2.75) is 57.3 Å². The molecule has 2 saturated heterocycles. The normalized spacial score (nSPS) is 15.0. The molecule has 7 rings (SSSR count). The number of anilines is 2. The molecule has 5 aromatic rings. The van der Waals surface area contributed by atoms with Crippen molar-refractivity contribution in [1.82, 2.24) is 4.90 Å². The Morgan fingerprint density at radius 2 is 1.19 bits per heavy atom. The highest BCUT2D eigenvalue weighted by molar-refractivity contribution is 5.53. The molecule has 0 aliphatic carbocycles. The average molecular weight is 711 g/mol. The Hall–Kier alpha value is -5.18. The van der Waals surface area contributed by atoms with Crippen molar-refractivity contribution in [3.63, 3.8) is 0 Å². The molecular weight excluding hydrogens is 661 g/mol. The van der Waals surface area contributed by atoms with Crippen molar-refractivity contribution in [1.29, 1.82) is 0 Å². The lowest BCUT2D eigenvalue weighted by Crippen LogP contribution is -2.30. The summed E-state index contributed by atoms with van der Waals surface area (Å²) in [7, 11) is 0. The summed E-state index contributed by atoms with van der Waals surface area (Å²) in [5, 5.41) is 23.8. The third-order valence-corrected chi connectivity index (χ3v) is 10.7. The summed E-state index contributed by atoms with van der Waals surface area (Å²) in [6.45, 7) is 6.37. The van der Waals surface area contributed by atoms with Gasteiger partial charge in [0.2, 0.25) is 0 Å². The average Bonchev–Trinajstić information content (AvgIpc) is 3.95. The molecule has 0 aromatic heterocycles. The van der Waals surface area contributed by atoms with E-state index in [-0.39, 0.29) is 24.0 Å². The maximum absolute atomic E-state index is 12.1. The lowest BCUT2D eigenvalue weighted by atomic mass is 9.88.